The second-order valence-corrected chi connectivity index (χ2v) is 5.60. The van der Waals surface area contributed by atoms with Gasteiger partial charge in [0.05, 0.1) is 6.07 Å². The molecule has 1 amide bonds. The van der Waals surface area contributed by atoms with E-state index in [-0.39, 0.29) is 12.5 Å². The van der Waals surface area contributed by atoms with Crippen molar-refractivity contribution >= 4 is 5.91 Å². The van der Waals surface area contributed by atoms with Crippen LogP contribution in [0.25, 0.3) is 0 Å². The quantitative estimate of drug-likeness (QED) is 0.725. The molecule has 0 aromatic rings. The van der Waals surface area contributed by atoms with Gasteiger partial charge in [-0.05, 0) is 25.2 Å². The summed E-state index contributed by atoms with van der Waals surface area (Å²) in [5.41, 5.74) is -0.812. The molecule has 1 aliphatic rings. The minimum Gasteiger partial charge on any atom is -0.396 e. The standard InChI is InChI=1S/C15H26N2O2/c1-2-13(7-10-18)11-17-14(19)15(12-16)8-5-3-4-6-9-15/h13,18H,2-11H2,1H3,(H,17,19). The molecule has 1 rings (SSSR count). The van der Waals surface area contributed by atoms with Crippen molar-refractivity contribution < 1.29 is 9.90 Å². The van der Waals surface area contributed by atoms with Crippen LogP contribution in [-0.2, 0) is 4.79 Å². The number of hydrogen-bond acceptors (Lipinski definition) is 3. The van der Waals surface area contributed by atoms with Crippen molar-refractivity contribution in [3.63, 3.8) is 0 Å². The largest absolute Gasteiger partial charge is 0.396 e. The van der Waals surface area contributed by atoms with Gasteiger partial charge in [0.25, 0.3) is 0 Å². The number of amides is 1. The third-order valence-corrected chi connectivity index (χ3v) is 4.27. The summed E-state index contributed by atoms with van der Waals surface area (Å²) in [7, 11) is 0. The molecule has 0 heterocycles. The van der Waals surface area contributed by atoms with Crippen molar-refractivity contribution in [3.8, 4) is 6.07 Å². The van der Waals surface area contributed by atoms with E-state index in [1.54, 1.807) is 0 Å². The Morgan fingerprint density at radius 3 is 2.47 bits per heavy atom. The zero-order valence-corrected chi connectivity index (χ0v) is 12.0. The Bertz CT molecular complexity index is 315. The van der Waals surface area contributed by atoms with Gasteiger partial charge in [0.1, 0.15) is 5.41 Å². The molecule has 4 heteroatoms. The molecule has 1 fully saturated rings. The highest BCUT2D eigenvalue weighted by molar-refractivity contribution is 5.85. The van der Waals surface area contributed by atoms with Gasteiger partial charge in [0.2, 0.25) is 5.91 Å². The van der Waals surface area contributed by atoms with Crippen molar-refractivity contribution in [1.29, 1.82) is 5.26 Å². The van der Waals surface area contributed by atoms with Crippen molar-refractivity contribution in [2.45, 2.75) is 58.3 Å². The summed E-state index contributed by atoms with van der Waals surface area (Å²) in [6, 6.07) is 2.27. The molecule has 0 spiro atoms. The van der Waals surface area contributed by atoms with Crippen LogP contribution in [0.5, 0.6) is 0 Å². The zero-order chi connectivity index (χ0) is 14.1. The summed E-state index contributed by atoms with van der Waals surface area (Å²) in [5.74, 6) is 0.198. The third kappa shape index (κ3) is 4.50. The fourth-order valence-corrected chi connectivity index (χ4v) is 2.76. The van der Waals surface area contributed by atoms with Gasteiger partial charge in [0.15, 0.2) is 0 Å². The Morgan fingerprint density at radius 1 is 1.37 bits per heavy atom. The van der Waals surface area contributed by atoms with Gasteiger partial charge in [-0.2, -0.15) is 5.26 Å². The van der Waals surface area contributed by atoms with E-state index in [4.69, 9.17) is 5.11 Å². The lowest BCUT2D eigenvalue weighted by Gasteiger charge is -2.25. The maximum atomic E-state index is 12.3. The molecule has 0 aromatic carbocycles. The second kappa shape index (κ2) is 8.16. The average molecular weight is 266 g/mol. The van der Waals surface area contributed by atoms with Gasteiger partial charge >= 0.3 is 0 Å². The molecule has 0 saturated heterocycles. The number of carbonyl (C=O) groups is 1. The van der Waals surface area contributed by atoms with Crippen LogP contribution in [0.1, 0.15) is 58.3 Å². The van der Waals surface area contributed by atoms with Crippen molar-refractivity contribution in [2.24, 2.45) is 11.3 Å². The Labute approximate surface area is 116 Å². The summed E-state index contributed by atoms with van der Waals surface area (Å²) >= 11 is 0. The fourth-order valence-electron chi connectivity index (χ4n) is 2.76. The molecule has 0 radical (unpaired) electrons. The predicted molar refractivity (Wildman–Crippen MR) is 74.2 cm³/mol. The van der Waals surface area contributed by atoms with Gasteiger partial charge in [-0.3, -0.25) is 4.79 Å². The highest BCUT2D eigenvalue weighted by atomic mass is 16.3. The molecule has 1 atom stereocenters. The predicted octanol–water partition coefficient (Wildman–Crippen LogP) is 2.38. The SMILES string of the molecule is CCC(CCO)CNC(=O)C1(C#N)CCCCCC1. The second-order valence-electron chi connectivity index (χ2n) is 5.60. The maximum Gasteiger partial charge on any atom is 0.240 e. The van der Waals surface area contributed by atoms with Gasteiger partial charge in [-0.15, -0.1) is 0 Å². The van der Waals surface area contributed by atoms with Crippen LogP contribution in [0.4, 0.5) is 0 Å². The van der Waals surface area contributed by atoms with E-state index in [2.05, 4.69) is 18.3 Å². The number of hydrogen-bond donors (Lipinski definition) is 2. The molecule has 19 heavy (non-hydrogen) atoms. The molecule has 1 saturated carbocycles. The molecule has 108 valence electrons. The Morgan fingerprint density at radius 2 is 2.00 bits per heavy atom. The van der Waals surface area contributed by atoms with E-state index in [0.717, 1.165) is 32.1 Å². The number of aliphatic hydroxyl groups is 1. The van der Waals surface area contributed by atoms with Crippen molar-refractivity contribution in [2.75, 3.05) is 13.2 Å². The van der Waals surface area contributed by atoms with Crippen LogP contribution in [-0.4, -0.2) is 24.2 Å². The summed E-state index contributed by atoms with van der Waals surface area (Å²) < 4.78 is 0. The number of nitrogens with zero attached hydrogens (tertiary/aromatic N) is 1. The first-order valence-electron chi connectivity index (χ1n) is 7.49. The number of carbonyl (C=O) groups excluding carboxylic acids is 1. The number of aliphatic hydroxyl groups excluding tert-OH is 1. The third-order valence-electron chi connectivity index (χ3n) is 4.27. The minimum absolute atomic E-state index is 0.103. The lowest BCUT2D eigenvalue weighted by Crippen LogP contribution is -2.42. The lowest BCUT2D eigenvalue weighted by atomic mass is 9.81. The fraction of sp³-hybridized carbons (Fsp3) is 0.867. The maximum absolute atomic E-state index is 12.3. The van der Waals surface area contributed by atoms with E-state index >= 15 is 0 Å². The van der Waals surface area contributed by atoms with Crippen LogP contribution >= 0.6 is 0 Å². The number of nitriles is 1. The molecular weight excluding hydrogens is 240 g/mol. The first-order valence-corrected chi connectivity index (χ1v) is 7.49. The summed E-state index contributed by atoms with van der Waals surface area (Å²) in [6.07, 6.45) is 7.19. The Balaban J connectivity index is 2.56. The van der Waals surface area contributed by atoms with Crippen LogP contribution in [0.2, 0.25) is 0 Å². The topological polar surface area (TPSA) is 73.1 Å². The average Bonchev–Trinajstić information content (AvgIpc) is 2.69. The summed E-state index contributed by atoms with van der Waals surface area (Å²) in [4.78, 5) is 12.3. The van der Waals surface area contributed by atoms with E-state index in [1.165, 1.54) is 0 Å². The van der Waals surface area contributed by atoms with Crippen LogP contribution in [0.3, 0.4) is 0 Å². The van der Waals surface area contributed by atoms with Gasteiger partial charge < -0.3 is 10.4 Å². The smallest absolute Gasteiger partial charge is 0.240 e. The van der Waals surface area contributed by atoms with Gasteiger partial charge in [0, 0.05) is 13.2 Å². The van der Waals surface area contributed by atoms with E-state index < -0.39 is 5.41 Å². The molecule has 2 N–H and O–H groups in total. The molecule has 1 unspecified atom stereocenters. The Hall–Kier alpha value is -1.08. The summed E-state index contributed by atoms with van der Waals surface area (Å²) in [5, 5.41) is 21.3. The first kappa shape index (κ1) is 16.0. The van der Waals surface area contributed by atoms with Gasteiger partial charge in [-0.25, -0.2) is 0 Å². The number of rotatable bonds is 6. The van der Waals surface area contributed by atoms with E-state index in [0.29, 0.717) is 31.7 Å². The van der Waals surface area contributed by atoms with Crippen LogP contribution < -0.4 is 5.32 Å². The Kier molecular flexibility index (Phi) is 6.86. The molecule has 1 aliphatic carbocycles. The molecule has 0 bridgehead atoms. The van der Waals surface area contributed by atoms with Gasteiger partial charge in [-0.1, -0.05) is 39.0 Å². The molecular formula is C15H26N2O2. The highest BCUT2D eigenvalue weighted by Gasteiger charge is 2.38. The monoisotopic (exact) mass is 266 g/mol. The normalized spacial score (nSPS) is 20.1. The zero-order valence-electron chi connectivity index (χ0n) is 12.0. The van der Waals surface area contributed by atoms with Crippen LogP contribution in [0.15, 0.2) is 0 Å². The molecule has 0 aliphatic heterocycles. The highest BCUT2D eigenvalue weighted by Crippen LogP contribution is 2.34. The first-order chi connectivity index (χ1) is 9.18. The summed E-state index contributed by atoms with van der Waals surface area (Å²) in [6.45, 7) is 2.77. The molecule has 4 nitrogen and oxygen atoms in total. The number of nitrogens with one attached hydrogen (secondary N) is 1. The minimum atomic E-state index is -0.812. The van der Waals surface area contributed by atoms with Crippen molar-refractivity contribution in [3.05, 3.63) is 0 Å². The van der Waals surface area contributed by atoms with E-state index in [9.17, 15) is 10.1 Å². The van der Waals surface area contributed by atoms with Crippen LogP contribution in [0, 0.1) is 22.7 Å². The van der Waals surface area contributed by atoms with E-state index in [1.807, 2.05) is 0 Å². The lowest BCUT2D eigenvalue weighted by molar-refractivity contribution is -0.129. The molecule has 0 aromatic heterocycles. The van der Waals surface area contributed by atoms with Crippen molar-refractivity contribution in [1.82, 2.24) is 5.32 Å².